The van der Waals surface area contributed by atoms with Crippen molar-refractivity contribution in [2.24, 2.45) is 0 Å². The second-order valence-corrected chi connectivity index (χ2v) is 8.02. The fourth-order valence-electron chi connectivity index (χ4n) is 2.62. The number of pyridine rings is 1. The highest BCUT2D eigenvalue weighted by Crippen LogP contribution is 2.13. The minimum atomic E-state index is -3.62. The smallest absolute Gasteiger partial charge is 0.234 e. The summed E-state index contributed by atoms with van der Waals surface area (Å²) < 4.78 is 28.4. The van der Waals surface area contributed by atoms with E-state index in [0.717, 1.165) is 5.52 Å². The number of nitrogens with zero attached hydrogens (tertiary/aromatic N) is 2. The van der Waals surface area contributed by atoms with E-state index in [4.69, 9.17) is 0 Å². The molecule has 0 aliphatic rings. The van der Waals surface area contributed by atoms with Crippen molar-refractivity contribution >= 4 is 32.9 Å². The zero-order valence-corrected chi connectivity index (χ0v) is 15.9. The topological polar surface area (TPSA) is 110 Å². The van der Waals surface area contributed by atoms with Gasteiger partial charge in [0.1, 0.15) is 0 Å². The number of carbonyl (C=O) groups is 2. The molecule has 0 unspecified atom stereocenters. The first-order valence-electron chi connectivity index (χ1n) is 8.72. The summed E-state index contributed by atoms with van der Waals surface area (Å²) in [6.45, 7) is -0.0391. The van der Waals surface area contributed by atoms with Gasteiger partial charge in [-0.1, -0.05) is 30.3 Å². The van der Waals surface area contributed by atoms with Gasteiger partial charge in [0, 0.05) is 37.3 Å². The van der Waals surface area contributed by atoms with Crippen LogP contribution < -0.4 is 10.0 Å². The Bertz CT molecular complexity index is 1080. The summed E-state index contributed by atoms with van der Waals surface area (Å²) in [6, 6.07) is 13.7. The molecule has 8 nitrogen and oxygen atoms in total. The van der Waals surface area contributed by atoms with Gasteiger partial charge in [-0.15, -0.1) is 0 Å². The predicted molar refractivity (Wildman–Crippen MR) is 106 cm³/mol. The van der Waals surface area contributed by atoms with Crippen molar-refractivity contribution in [3.63, 3.8) is 0 Å². The molecule has 0 bridgehead atoms. The van der Waals surface area contributed by atoms with E-state index in [-0.39, 0.29) is 36.8 Å². The molecule has 0 spiro atoms. The Morgan fingerprint density at radius 2 is 1.82 bits per heavy atom. The molecule has 9 heteroatoms. The second kappa shape index (κ2) is 8.66. The van der Waals surface area contributed by atoms with Gasteiger partial charge in [-0.2, -0.15) is 5.10 Å². The molecule has 28 heavy (non-hydrogen) atoms. The van der Waals surface area contributed by atoms with Gasteiger partial charge < -0.3 is 5.32 Å². The molecular formula is C19H20N4O4S. The molecule has 0 radical (unpaired) electrons. The van der Waals surface area contributed by atoms with E-state index < -0.39 is 10.0 Å². The molecule has 3 rings (SSSR count). The number of Topliss-reactive ketones (excluding diaryl/α,β-unsaturated/α-hetero) is 1. The van der Waals surface area contributed by atoms with Crippen LogP contribution in [0.3, 0.4) is 0 Å². The Kier molecular flexibility index (Phi) is 6.05. The van der Waals surface area contributed by atoms with Crippen LogP contribution in [0.15, 0.2) is 60.9 Å². The standard InChI is InChI=1S/C19H20N4O4S/c24-18(15-4-2-1-3-5-15)6-7-19(25)20-11-13-28(26,27)22-16-9-12-23-17(14-16)8-10-21-23/h1-5,8-10,12,14,22H,6-7,11,13H2,(H,20,25). The average molecular weight is 400 g/mol. The maximum atomic E-state index is 12.2. The Balaban J connectivity index is 1.42. The van der Waals surface area contributed by atoms with Crippen molar-refractivity contribution in [2.75, 3.05) is 17.0 Å². The van der Waals surface area contributed by atoms with Crippen LogP contribution >= 0.6 is 0 Å². The van der Waals surface area contributed by atoms with Gasteiger partial charge in [0.2, 0.25) is 15.9 Å². The Morgan fingerprint density at radius 1 is 1.04 bits per heavy atom. The van der Waals surface area contributed by atoms with Crippen LogP contribution in [0.2, 0.25) is 0 Å². The Morgan fingerprint density at radius 3 is 2.61 bits per heavy atom. The average Bonchev–Trinajstić information content (AvgIpc) is 3.14. The van der Waals surface area contributed by atoms with Crippen LogP contribution in [0.5, 0.6) is 0 Å². The van der Waals surface area contributed by atoms with E-state index in [1.54, 1.807) is 59.4 Å². The largest absolute Gasteiger partial charge is 0.355 e. The summed E-state index contributed by atoms with van der Waals surface area (Å²) in [4.78, 5) is 23.8. The highest BCUT2D eigenvalue weighted by Gasteiger charge is 2.13. The molecule has 2 N–H and O–H groups in total. The molecule has 0 aliphatic heterocycles. The summed E-state index contributed by atoms with van der Waals surface area (Å²) >= 11 is 0. The molecule has 1 amide bonds. The maximum absolute atomic E-state index is 12.2. The van der Waals surface area contributed by atoms with E-state index in [0.29, 0.717) is 11.3 Å². The molecule has 0 atom stereocenters. The SMILES string of the molecule is O=C(CCC(=O)c1ccccc1)NCCS(=O)(=O)Nc1ccn2nccc2c1. The number of hydrogen-bond donors (Lipinski definition) is 2. The first-order chi connectivity index (χ1) is 13.4. The van der Waals surface area contributed by atoms with Crippen molar-refractivity contribution in [1.82, 2.24) is 14.9 Å². The number of aromatic nitrogens is 2. The number of carbonyl (C=O) groups excluding carboxylic acids is 2. The number of nitrogens with one attached hydrogen (secondary N) is 2. The number of rotatable bonds is 9. The number of sulfonamides is 1. The molecule has 0 saturated heterocycles. The Labute approximate surface area is 162 Å². The molecule has 146 valence electrons. The van der Waals surface area contributed by atoms with Crippen molar-refractivity contribution in [3.8, 4) is 0 Å². The fourth-order valence-corrected chi connectivity index (χ4v) is 3.58. The van der Waals surface area contributed by atoms with E-state index in [2.05, 4.69) is 15.1 Å². The van der Waals surface area contributed by atoms with E-state index in [1.807, 2.05) is 6.07 Å². The number of fused-ring (bicyclic) bond motifs is 1. The van der Waals surface area contributed by atoms with Crippen LogP contribution in [0.25, 0.3) is 5.52 Å². The van der Waals surface area contributed by atoms with Crippen molar-refractivity contribution in [3.05, 3.63) is 66.5 Å². The minimum absolute atomic E-state index is 0.0130. The van der Waals surface area contributed by atoms with Gasteiger partial charge in [0.15, 0.2) is 5.78 Å². The van der Waals surface area contributed by atoms with Gasteiger partial charge in [-0.3, -0.25) is 14.3 Å². The lowest BCUT2D eigenvalue weighted by Crippen LogP contribution is -2.31. The fraction of sp³-hybridized carbons (Fsp3) is 0.211. The third kappa shape index (κ3) is 5.40. The summed E-state index contributed by atoms with van der Waals surface area (Å²) in [7, 11) is -3.62. The first kappa shape index (κ1) is 19.6. The zero-order valence-electron chi connectivity index (χ0n) is 15.0. The number of hydrogen-bond acceptors (Lipinski definition) is 5. The number of amides is 1. The van der Waals surface area contributed by atoms with Crippen LogP contribution in [-0.2, 0) is 14.8 Å². The van der Waals surface area contributed by atoms with Crippen LogP contribution in [0.1, 0.15) is 23.2 Å². The van der Waals surface area contributed by atoms with E-state index in [9.17, 15) is 18.0 Å². The summed E-state index contributed by atoms with van der Waals surface area (Å²) in [5, 5.41) is 6.57. The normalized spacial score (nSPS) is 11.3. The van der Waals surface area contributed by atoms with Crippen LogP contribution in [-0.4, -0.2) is 42.0 Å². The number of ketones is 1. The van der Waals surface area contributed by atoms with E-state index >= 15 is 0 Å². The molecular weight excluding hydrogens is 380 g/mol. The highest BCUT2D eigenvalue weighted by molar-refractivity contribution is 7.92. The Hall–Kier alpha value is -3.20. The van der Waals surface area contributed by atoms with Gasteiger partial charge in [0.25, 0.3) is 0 Å². The summed E-state index contributed by atoms with van der Waals surface area (Å²) in [5.41, 5.74) is 1.74. The third-order valence-corrected chi connectivity index (χ3v) is 5.33. The quantitative estimate of drug-likeness (QED) is 0.533. The van der Waals surface area contributed by atoms with E-state index in [1.165, 1.54) is 0 Å². The summed E-state index contributed by atoms with van der Waals surface area (Å²) in [6.07, 6.45) is 3.36. The van der Waals surface area contributed by atoms with Crippen molar-refractivity contribution in [2.45, 2.75) is 12.8 Å². The monoisotopic (exact) mass is 400 g/mol. The third-order valence-electron chi connectivity index (χ3n) is 4.04. The molecule has 0 aliphatic carbocycles. The lowest BCUT2D eigenvalue weighted by molar-refractivity contribution is -0.120. The van der Waals surface area contributed by atoms with Gasteiger partial charge in [-0.05, 0) is 18.2 Å². The summed E-state index contributed by atoms with van der Waals surface area (Å²) in [5.74, 6) is -0.754. The molecule has 3 aromatic rings. The lowest BCUT2D eigenvalue weighted by atomic mass is 10.1. The van der Waals surface area contributed by atoms with Crippen molar-refractivity contribution < 1.29 is 18.0 Å². The van der Waals surface area contributed by atoms with Crippen LogP contribution in [0, 0.1) is 0 Å². The van der Waals surface area contributed by atoms with Gasteiger partial charge >= 0.3 is 0 Å². The predicted octanol–water partition coefficient (Wildman–Crippen LogP) is 1.86. The molecule has 0 saturated carbocycles. The highest BCUT2D eigenvalue weighted by atomic mass is 32.2. The lowest BCUT2D eigenvalue weighted by Gasteiger charge is -2.09. The van der Waals surface area contributed by atoms with Gasteiger partial charge in [0.05, 0.1) is 17.0 Å². The maximum Gasteiger partial charge on any atom is 0.234 e. The van der Waals surface area contributed by atoms with Crippen LogP contribution in [0.4, 0.5) is 5.69 Å². The molecule has 1 aromatic carbocycles. The number of benzene rings is 1. The minimum Gasteiger partial charge on any atom is -0.355 e. The number of anilines is 1. The first-order valence-corrected chi connectivity index (χ1v) is 10.4. The zero-order chi connectivity index (χ0) is 20.0. The van der Waals surface area contributed by atoms with Gasteiger partial charge in [-0.25, -0.2) is 12.9 Å². The van der Waals surface area contributed by atoms with Crippen molar-refractivity contribution in [1.29, 1.82) is 0 Å². The molecule has 0 fully saturated rings. The second-order valence-electron chi connectivity index (χ2n) is 6.18. The molecule has 2 aromatic heterocycles. The molecule has 2 heterocycles.